The number of carbonyl (C=O) groups is 2. The van der Waals surface area contributed by atoms with Gasteiger partial charge in [0.25, 0.3) is 0 Å². The van der Waals surface area contributed by atoms with E-state index in [0.29, 0.717) is 12.7 Å². The molecule has 6 nitrogen and oxygen atoms in total. The first kappa shape index (κ1) is 17.8. The molecule has 0 aliphatic carbocycles. The normalized spacial score (nSPS) is 11.7. The van der Waals surface area contributed by atoms with E-state index in [1.165, 1.54) is 7.11 Å². The number of benzene rings is 1. The fraction of sp³-hybridized carbons (Fsp3) is 0.429. The molecule has 0 spiro atoms. The second-order valence-corrected chi connectivity index (χ2v) is 4.58. The van der Waals surface area contributed by atoms with Gasteiger partial charge < -0.3 is 20.1 Å². The lowest BCUT2D eigenvalue weighted by molar-refractivity contribution is -0.120. The first-order valence-electron chi connectivity index (χ1n) is 6.48. The van der Waals surface area contributed by atoms with E-state index >= 15 is 0 Å². The second kappa shape index (κ2) is 8.28. The molecule has 1 unspecified atom stereocenters. The zero-order valence-electron chi connectivity index (χ0n) is 12.5. The van der Waals surface area contributed by atoms with Crippen molar-refractivity contribution in [2.24, 2.45) is 0 Å². The van der Waals surface area contributed by atoms with Gasteiger partial charge in [0.2, 0.25) is 5.91 Å². The summed E-state index contributed by atoms with van der Waals surface area (Å²) in [5.41, 5.74) is -0.587. The van der Waals surface area contributed by atoms with Crippen LogP contribution in [0.2, 0.25) is 0 Å². The van der Waals surface area contributed by atoms with Crippen molar-refractivity contribution in [3.63, 3.8) is 0 Å². The molecule has 0 radical (unpaired) electrons. The van der Waals surface area contributed by atoms with E-state index in [9.17, 15) is 18.4 Å². The summed E-state index contributed by atoms with van der Waals surface area (Å²) >= 11 is 0. The van der Waals surface area contributed by atoms with Crippen LogP contribution in [0, 0.1) is 11.6 Å². The van der Waals surface area contributed by atoms with Crippen molar-refractivity contribution < 1.29 is 27.8 Å². The van der Waals surface area contributed by atoms with Gasteiger partial charge in [-0.1, -0.05) is 0 Å². The monoisotopic (exact) mass is 316 g/mol. The highest BCUT2D eigenvalue weighted by molar-refractivity contribution is 5.91. The molecule has 1 aromatic rings. The average Bonchev–Trinajstić information content (AvgIpc) is 2.45. The molecule has 1 aromatic carbocycles. The van der Waals surface area contributed by atoms with Gasteiger partial charge in [0.1, 0.15) is 11.6 Å². The smallest absolute Gasteiger partial charge is 0.340 e. The molecule has 1 rings (SSSR count). The van der Waals surface area contributed by atoms with E-state index in [1.54, 1.807) is 6.92 Å². The van der Waals surface area contributed by atoms with Crippen molar-refractivity contribution in [1.82, 2.24) is 5.32 Å². The fourth-order valence-electron chi connectivity index (χ4n) is 1.74. The minimum absolute atomic E-state index is 0.170. The Morgan fingerprint density at radius 2 is 1.91 bits per heavy atom. The Kier molecular flexibility index (Phi) is 6.71. The van der Waals surface area contributed by atoms with Crippen LogP contribution in [-0.4, -0.2) is 45.3 Å². The molecule has 0 bridgehead atoms. The first-order valence-corrected chi connectivity index (χ1v) is 6.48. The average molecular weight is 316 g/mol. The van der Waals surface area contributed by atoms with Crippen LogP contribution in [0.25, 0.3) is 0 Å². The van der Waals surface area contributed by atoms with Crippen LogP contribution in [0.3, 0.4) is 0 Å². The minimum Gasteiger partial charge on any atom is -0.465 e. The summed E-state index contributed by atoms with van der Waals surface area (Å²) < 4.78 is 36.3. The molecule has 1 amide bonds. The quantitative estimate of drug-likeness (QED) is 0.742. The maximum Gasteiger partial charge on any atom is 0.340 e. The predicted octanol–water partition coefficient (Wildman–Crippen LogP) is 1.31. The van der Waals surface area contributed by atoms with E-state index in [2.05, 4.69) is 15.4 Å². The van der Waals surface area contributed by atoms with E-state index in [4.69, 9.17) is 4.74 Å². The number of hydrogen-bond acceptors (Lipinski definition) is 5. The van der Waals surface area contributed by atoms with Gasteiger partial charge in [0, 0.05) is 19.2 Å². The van der Waals surface area contributed by atoms with Gasteiger partial charge in [-0.15, -0.1) is 0 Å². The van der Waals surface area contributed by atoms with Crippen molar-refractivity contribution in [1.29, 1.82) is 0 Å². The zero-order valence-corrected chi connectivity index (χ0v) is 12.5. The van der Waals surface area contributed by atoms with Crippen LogP contribution in [-0.2, 0) is 14.3 Å². The number of halogens is 2. The summed E-state index contributed by atoms with van der Waals surface area (Å²) in [6, 6.07) is 1.31. The number of anilines is 1. The highest BCUT2D eigenvalue weighted by Gasteiger charge is 2.17. The van der Waals surface area contributed by atoms with Crippen molar-refractivity contribution in [3.8, 4) is 0 Å². The molecule has 0 fully saturated rings. The van der Waals surface area contributed by atoms with Crippen LogP contribution in [0.1, 0.15) is 17.3 Å². The SMILES string of the molecule is COCC(C)NC(=O)CNc1cc(C(=O)OC)c(F)cc1F. The maximum atomic E-state index is 13.6. The van der Waals surface area contributed by atoms with Crippen LogP contribution in [0.5, 0.6) is 0 Å². The molecule has 0 aliphatic heterocycles. The van der Waals surface area contributed by atoms with E-state index in [-0.39, 0.29) is 18.3 Å². The van der Waals surface area contributed by atoms with E-state index in [1.807, 2.05) is 0 Å². The highest BCUT2D eigenvalue weighted by Crippen LogP contribution is 2.20. The minimum atomic E-state index is -1.03. The molecule has 122 valence electrons. The van der Waals surface area contributed by atoms with Gasteiger partial charge in [-0.25, -0.2) is 13.6 Å². The Morgan fingerprint density at radius 1 is 1.23 bits per heavy atom. The molecular formula is C14H18F2N2O4. The zero-order chi connectivity index (χ0) is 16.7. The number of nitrogens with one attached hydrogen (secondary N) is 2. The molecule has 1 atom stereocenters. The molecule has 0 aliphatic rings. The van der Waals surface area contributed by atoms with Gasteiger partial charge >= 0.3 is 5.97 Å². The lowest BCUT2D eigenvalue weighted by atomic mass is 10.1. The third-order valence-electron chi connectivity index (χ3n) is 2.73. The largest absolute Gasteiger partial charge is 0.465 e. The van der Waals surface area contributed by atoms with E-state index in [0.717, 1.165) is 13.2 Å². The van der Waals surface area contributed by atoms with Crippen molar-refractivity contribution >= 4 is 17.6 Å². The van der Waals surface area contributed by atoms with Crippen LogP contribution in [0.4, 0.5) is 14.5 Å². The van der Waals surface area contributed by atoms with E-state index < -0.39 is 29.1 Å². The standard InChI is InChI=1S/C14H18F2N2O4/c1-8(7-21-2)18-13(19)6-17-12-4-9(14(20)22-3)10(15)5-11(12)16/h4-5,8,17H,6-7H2,1-3H3,(H,18,19). The lowest BCUT2D eigenvalue weighted by Gasteiger charge is -2.14. The van der Waals surface area contributed by atoms with Crippen molar-refractivity contribution in [2.45, 2.75) is 13.0 Å². The van der Waals surface area contributed by atoms with Gasteiger partial charge in [-0.3, -0.25) is 4.79 Å². The van der Waals surface area contributed by atoms with Crippen LogP contribution in [0.15, 0.2) is 12.1 Å². The number of ether oxygens (including phenoxy) is 2. The molecule has 8 heteroatoms. The third-order valence-corrected chi connectivity index (χ3v) is 2.73. The Bertz CT molecular complexity index is 552. The number of esters is 1. The van der Waals surface area contributed by atoms with Crippen molar-refractivity contribution in [3.05, 3.63) is 29.3 Å². The van der Waals surface area contributed by atoms with Crippen LogP contribution >= 0.6 is 0 Å². The molecule has 0 heterocycles. The van der Waals surface area contributed by atoms with Crippen molar-refractivity contribution in [2.75, 3.05) is 32.7 Å². The molecule has 2 N–H and O–H groups in total. The molecular weight excluding hydrogens is 298 g/mol. The Morgan fingerprint density at radius 3 is 2.50 bits per heavy atom. The summed E-state index contributed by atoms with van der Waals surface area (Å²) in [6.45, 7) is 1.84. The number of methoxy groups -OCH3 is 2. The summed E-state index contributed by atoms with van der Waals surface area (Å²) in [6.07, 6.45) is 0. The number of carbonyl (C=O) groups excluding carboxylic acids is 2. The summed E-state index contributed by atoms with van der Waals surface area (Å²) in [5, 5.41) is 5.12. The first-order chi connectivity index (χ1) is 10.4. The Labute approximate surface area is 126 Å². The van der Waals surface area contributed by atoms with Gasteiger partial charge in [-0.05, 0) is 13.0 Å². The number of rotatable bonds is 7. The molecule has 22 heavy (non-hydrogen) atoms. The fourth-order valence-corrected chi connectivity index (χ4v) is 1.74. The van der Waals surface area contributed by atoms with Gasteiger partial charge in [0.15, 0.2) is 0 Å². The third kappa shape index (κ3) is 4.96. The summed E-state index contributed by atoms with van der Waals surface area (Å²) in [4.78, 5) is 23.0. The Balaban J connectivity index is 2.73. The topological polar surface area (TPSA) is 76.7 Å². The summed E-state index contributed by atoms with van der Waals surface area (Å²) in [5.74, 6) is -3.28. The maximum absolute atomic E-state index is 13.6. The Hall–Kier alpha value is -2.22. The van der Waals surface area contributed by atoms with Gasteiger partial charge in [0.05, 0.1) is 31.5 Å². The van der Waals surface area contributed by atoms with Crippen LogP contribution < -0.4 is 10.6 Å². The molecule has 0 saturated carbocycles. The predicted molar refractivity (Wildman–Crippen MR) is 75.7 cm³/mol. The van der Waals surface area contributed by atoms with Gasteiger partial charge in [-0.2, -0.15) is 0 Å². The summed E-state index contributed by atoms with van der Waals surface area (Å²) in [7, 11) is 2.59. The number of amides is 1. The lowest BCUT2D eigenvalue weighted by Crippen LogP contribution is -2.39. The molecule has 0 aromatic heterocycles. The second-order valence-electron chi connectivity index (χ2n) is 4.58. The highest BCUT2D eigenvalue weighted by atomic mass is 19.1. The number of hydrogen-bond donors (Lipinski definition) is 2. The molecule has 0 saturated heterocycles.